The summed E-state index contributed by atoms with van der Waals surface area (Å²) in [6.07, 6.45) is 1.58. The highest BCUT2D eigenvalue weighted by molar-refractivity contribution is 14.0. The molecule has 1 fully saturated rings. The number of rotatable bonds is 4. The molecule has 1 aromatic heterocycles. The summed E-state index contributed by atoms with van der Waals surface area (Å²) in [6.45, 7) is 6.69. The smallest absolute Gasteiger partial charge is 0.194 e. The third-order valence-corrected chi connectivity index (χ3v) is 4.31. The van der Waals surface area contributed by atoms with Gasteiger partial charge in [0, 0.05) is 20.1 Å². The quantitative estimate of drug-likeness (QED) is 0.407. The molecule has 3 rings (SSSR count). The van der Waals surface area contributed by atoms with Crippen LogP contribution in [0.25, 0.3) is 0 Å². The Balaban J connectivity index is 0.00000261. The highest BCUT2D eigenvalue weighted by Crippen LogP contribution is 2.25. The standard InChI is InChI=1S/C18H25FN6O.HI/c1-4-20-18(21-9-17-23-22-12-24(17)3)25-10-13(2)26-16(11-25)14-5-7-15(19)8-6-14;/h5-8,12-13,16H,4,9-11H2,1-3H3,(H,20,21);1H. The number of aromatic nitrogens is 3. The molecule has 0 amide bonds. The molecule has 2 atom stereocenters. The van der Waals surface area contributed by atoms with Crippen molar-refractivity contribution in [3.8, 4) is 0 Å². The second-order valence-electron chi connectivity index (χ2n) is 6.42. The number of benzene rings is 1. The summed E-state index contributed by atoms with van der Waals surface area (Å²) in [5.74, 6) is 1.38. The lowest BCUT2D eigenvalue weighted by Crippen LogP contribution is -2.50. The highest BCUT2D eigenvalue weighted by Gasteiger charge is 2.28. The van der Waals surface area contributed by atoms with Crippen molar-refractivity contribution in [3.05, 3.63) is 47.8 Å². The maximum atomic E-state index is 13.2. The second-order valence-corrected chi connectivity index (χ2v) is 6.42. The molecule has 0 saturated carbocycles. The number of aryl methyl sites for hydroxylation is 1. The molecule has 1 aliphatic heterocycles. The first-order valence-corrected chi connectivity index (χ1v) is 8.84. The lowest BCUT2D eigenvalue weighted by atomic mass is 10.1. The Morgan fingerprint density at radius 3 is 2.70 bits per heavy atom. The van der Waals surface area contributed by atoms with Crippen LogP contribution in [0.3, 0.4) is 0 Å². The monoisotopic (exact) mass is 488 g/mol. The lowest BCUT2D eigenvalue weighted by molar-refractivity contribution is -0.0605. The van der Waals surface area contributed by atoms with Gasteiger partial charge in [-0.2, -0.15) is 0 Å². The lowest BCUT2D eigenvalue weighted by Gasteiger charge is -2.38. The second kappa shape index (κ2) is 9.98. The molecule has 2 heterocycles. The molecule has 0 aliphatic carbocycles. The zero-order chi connectivity index (χ0) is 18.5. The maximum Gasteiger partial charge on any atom is 0.194 e. The first kappa shape index (κ1) is 21.5. The molecule has 2 unspecified atom stereocenters. The van der Waals surface area contributed by atoms with Gasteiger partial charge in [0.15, 0.2) is 11.8 Å². The molecule has 27 heavy (non-hydrogen) atoms. The van der Waals surface area contributed by atoms with Gasteiger partial charge in [-0.25, -0.2) is 9.38 Å². The molecular formula is C18H26FIN6O. The molecule has 1 aromatic carbocycles. The van der Waals surface area contributed by atoms with Crippen LogP contribution in [0.5, 0.6) is 0 Å². The van der Waals surface area contributed by atoms with E-state index in [1.54, 1.807) is 18.5 Å². The van der Waals surface area contributed by atoms with E-state index in [0.29, 0.717) is 13.1 Å². The van der Waals surface area contributed by atoms with Gasteiger partial charge in [-0.3, -0.25) is 0 Å². The Morgan fingerprint density at radius 1 is 1.33 bits per heavy atom. The van der Waals surface area contributed by atoms with Gasteiger partial charge >= 0.3 is 0 Å². The van der Waals surface area contributed by atoms with Crippen LogP contribution in [-0.4, -0.2) is 51.4 Å². The minimum Gasteiger partial charge on any atom is -0.367 e. The fourth-order valence-electron chi connectivity index (χ4n) is 3.01. The van der Waals surface area contributed by atoms with Crippen LogP contribution < -0.4 is 5.32 Å². The third-order valence-electron chi connectivity index (χ3n) is 4.31. The van der Waals surface area contributed by atoms with Crippen LogP contribution >= 0.6 is 24.0 Å². The van der Waals surface area contributed by atoms with Crippen molar-refractivity contribution in [3.63, 3.8) is 0 Å². The van der Waals surface area contributed by atoms with Crippen molar-refractivity contribution in [1.29, 1.82) is 0 Å². The summed E-state index contributed by atoms with van der Waals surface area (Å²) in [4.78, 5) is 6.89. The minimum atomic E-state index is -0.243. The average Bonchev–Trinajstić information content (AvgIpc) is 3.03. The summed E-state index contributed by atoms with van der Waals surface area (Å²) in [5.41, 5.74) is 0.965. The predicted molar refractivity (Wildman–Crippen MR) is 112 cm³/mol. The van der Waals surface area contributed by atoms with Gasteiger partial charge in [0.05, 0.1) is 12.6 Å². The van der Waals surface area contributed by atoms with Crippen molar-refractivity contribution >= 4 is 29.9 Å². The number of ether oxygens (including phenoxy) is 1. The van der Waals surface area contributed by atoms with Crippen molar-refractivity contribution in [2.45, 2.75) is 32.6 Å². The van der Waals surface area contributed by atoms with E-state index in [4.69, 9.17) is 9.73 Å². The minimum absolute atomic E-state index is 0. The predicted octanol–water partition coefficient (Wildman–Crippen LogP) is 2.50. The van der Waals surface area contributed by atoms with E-state index in [1.807, 2.05) is 25.5 Å². The fraction of sp³-hybridized carbons (Fsp3) is 0.500. The zero-order valence-corrected chi connectivity index (χ0v) is 18.1. The van der Waals surface area contributed by atoms with Crippen LogP contribution in [0.15, 0.2) is 35.6 Å². The molecule has 9 heteroatoms. The Bertz CT molecular complexity index is 751. The molecule has 2 aromatic rings. The molecule has 148 valence electrons. The van der Waals surface area contributed by atoms with E-state index in [0.717, 1.165) is 30.4 Å². The van der Waals surface area contributed by atoms with Gasteiger partial charge in [0.2, 0.25) is 0 Å². The Morgan fingerprint density at radius 2 is 2.07 bits per heavy atom. The van der Waals surface area contributed by atoms with Crippen molar-refractivity contribution in [2.75, 3.05) is 19.6 Å². The highest BCUT2D eigenvalue weighted by atomic mass is 127. The first-order valence-electron chi connectivity index (χ1n) is 8.84. The summed E-state index contributed by atoms with van der Waals surface area (Å²) in [7, 11) is 1.90. The molecule has 7 nitrogen and oxygen atoms in total. The fourth-order valence-corrected chi connectivity index (χ4v) is 3.01. The molecule has 0 radical (unpaired) electrons. The number of morpholine rings is 1. The van der Waals surface area contributed by atoms with Crippen molar-refractivity contribution < 1.29 is 9.13 Å². The molecule has 1 N–H and O–H groups in total. The van der Waals surface area contributed by atoms with Crippen LogP contribution in [0.4, 0.5) is 4.39 Å². The maximum absolute atomic E-state index is 13.2. The van der Waals surface area contributed by atoms with Gasteiger partial charge in [0.25, 0.3) is 0 Å². The van der Waals surface area contributed by atoms with Gasteiger partial charge in [-0.1, -0.05) is 12.1 Å². The van der Waals surface area contributed by atoms with E-state index in [1.165, 1.54) is 12.1 Å². The Labute approximate surface area is 176 Å². The summed E-state index contributed by atoms with van der Waals surface area (Å²) >= 11 is 0. The number of nitrogens with one attached hydrogen (secondary N) is 1. The van der Waals surface area contributed by atoms with Gasteiger partial charge in [0.1, 0.15) is 24.8 Å². The van der Waals surface area contributed by atoms with Crippen LogP contribution in [0.1, 0.15) is 31.3 Å². The Kier molecular flexibility index (Phi) is 7.96. The first-order chi connectivity index (χ1) is 12.6. The largest absolute Gasteiger partial charge is 0.367 e. The molecule has 1 saturated heterocycles. The molecular weight excluding hydrogens is 462 g/mol. The van der Waals surface area contributed by atoms with E-state index >= 15 is 0 Å². The number of hydrogen-bond donors (Lipinski definition) is 1. The van der Waals surface area contributed by atoms with E-state index < -0.39 is 0 Å². The molecule has 0 spiro atoms. The SMILES string of the molecule is CCNC(=NCc1nncn1C)N1CC(C)OC(c2ccc(F)cc2)C1.I. The number of halogens is 2. The van der Waals surface area contributed by atoms with Gasteiger partial charge in [-0.15, -0.1) is 34.2 Å². The third kappa shape index (κ3) is 5.61. The summed E-state index contributed by atoms with van der Waals surface area (Å²) in [5, 5.41) is 11.3. The molecule has 1 aliphatic rings. The van der Waals surface area contributed by atoms with Gasteiger partial charge in [-0.05, 0) is 31.5 Å². The molecule has 0 bridgehead atoms. The summed E-state index contributed by atoms with van der Waals surface area (Å²) in [6, 6.07) is 6.49. The average molecular weight is 488 g/mol. The number of aliphatic imine (C=N–C) groups is 1. The number of guanidine groups is 1. The van der Waals surface area contributed by atoms with Crippen molar-refractivity contribution in [2.24, 2.45) is 12.0 Å². The number of hydrogen-bond acceptors (Lipinski definition) is 4. The van der Waals surface area contributed by atoms with Gasteiger partial charge < -0.3 is 19.5 Å². The van der Waals surface area contributed by atoms with Crippen LogP contribution in [-0.2, 0) is 18.3 Å². The van der Waals surface area contributed by atoms with Crippen LogP contribution in [0.2, 0.25) is 0 Å². The van der Waals surface area contributed by atoms with Crippen LogP contribution in [0, 0.1) is 5.82 Å². The van der Waals surface area contributed by atoms with Crippen molar-refractivity contribution in [1.82, 2.24) is 25.0 Å². The zero-order valence-electron chi connectivity index (χ0n) is 15.8. The van der Waals surface area contributed by atoms with E-state index in [9.17, 15) is 4.39 Å². The number of nitrogens with zero attached hydrogens (tertiary/aromatic N) is 5. The topological polar surface area (TPSA) is 67.6 Å². The normalized spacial score (nSPS) is 20.3. The summed E-state index contributed by atoms with van der Waals surface area (Å²) < 4.78 is 21.1. The van der Waals surface area contributed by atoms with E-state index in [-0.39, 0.29) is 42.0 Å². The Hall–Kier alpha value is -1.75. The van der Waals surface area contributed by atoms with E-state index in [2.05, 4.69) is 20.4 Å².